The second-order valence-electron chi connectivity index (χ2n) is 6.06. The molecule has 0 radical (unpaired) electrons. The highest BCUT2D eigenvalue weighted by Crippen LogP contribution is 2.25. The smallest absolute Gasteiger partial charge is 0.241 e. The predicted octanol–water partition coefficient (Wildman–Crippen LogP) is 2.00. The lowest BCUT2D eigenvalue weighted by Gasteiger charge is -2.32. The number of rotatable bonds is 7. The zero-order valence-electron chi connectivity index (χ0n) is 12.5. The first-order valence-corrected chi connectivity index (χ1v) is 6.96. The first-order valence-electron chi connectivity index (χ1n) is 6.96. The molecule has 2 atom stereocenters. The molecule has 0 spiro atoms. The molecular weight excluding hydrogens is 228 g/mol. The fraction of sp³-hybridized carbons (Fsp3) is 0.929. The summed E-state index contributed by atoms with van der Waals surface area (Å²) in [6, 6.07) is 0.0169. The normalized spacial score (nSPS) is 24.9. The standard InChI is InChI=1S/C14H28N2O2/c1-6-7-12-13(17)16(11(2)15-12)10-14(3,4)8-9-18-5/h11-12,15H,6-10H2,1-5H3. The van der Waals surface area contributed by atoms with Gasteiger partial charge < -0.3 is 9.64 Å². The minimum absolute atomic E-state index is 0.0169. The first-order chi connectivity index (χ1) is 8.41. The van der Waals surface area contributed by atoms with E-state index in [1.807, 2.05) is 4.90 Å². The van der Waals surface area contributed by atoms with Gasteiger partial charge in [-0.3, -0.25) is 10.1 Å². The molecule has 0 saturated carbocycles. The van der Waals surface area contributed by atoms with Crippen LogP contribution >= 0.6 is 0 Å². The van der Waals surface area contributed by atoms with Crippen LogP contribution in [-0.2, 0) is 9.53 Å². The fourth-order valence-electron chi connectivity index (χ4n) is 2.47. The van der Waals surface area contributed by atoms with Gasteiger partial charge in [0.05, 0.1) is 12.2 Å². The van der Waals surface area contributed by atoms with Gasteiger partial charge >= 0.3 is 0 Å². The number of ether oxygens (including phenoxy) is 1. The van der Waals surface area contributed by atoms with Gasteiger partial charge in [0.2, 0.25) is 5.91 Å². The van der Waals surface area contributed by atoms with Gasteiger partial charge in [-0.05, 0) is 25.2 Å². The third-order valence-electron chi connectivity index (χ3n) is 3.65. The number of hydrogen-bond acceptors (Lipinski definition) is 3. The summed E-state index contributed by atoms with van der Waals surface area (Å²) in [5, 5.41) is 3.38. The van der Waals surface area contributed by atoms with E-state index in [9.17, 15) is 4.79 Å². The molecule has 0 bridgehead atoms. The molecular formula is C14H28N2O2. The molecule has 1 aliphatic rings. The lowest BCUT2D eigenvalue weighted by molar-refractivity contribution is -0.131. The number of amides is 1. The molecule has 0 aromatic heterocycles. The summed E-state index contributed by atoms with van der Waals surface area (Å²) in [4.78, 5) is 14.3. The zero-order valence-corrected chi connectivity index (χ0v) is 12.5. The summed E-state index contributed by atoms with van der Waals surface area (Å²) in [6.07, 6.45) is 3.09. The molecule has 106 valence electrons. The van der Waals surface area contributed by atoms with Crippen LogP contribution in [0.2, 0.25) is 0 Å². The maximum absolute atomic E-state index is 12.3. The van der Waals surface area contributed by atoms with E-state index in [2.05, 4.69) is 33.0 Å². The molecule has 0 aromatic rings. The third kappa shape index (κ3) is 3.95. The van der Waals surface area contributed by atoms with Crippen molar-refractivity contribution in [1.82, 2.24) is 10.2 Å². The molecule has 4 nitrogen and oxygen atoms in total. The largest absolute Gasteiger partial charge is 0.385 e. The van der Waals surface area contributed by atoms with Crippen LogP contribution < -0.4 is 5.32 Å². The molecule has 18 heavy (non-hydrogen) atoms. The summed E-state index contributed by atoms with van der Waals surface area (Å²) >= 11 is 0. The fourth-order valence-corrected chi connectivity index (χ4v) is 2.47. The van der Waals surface area contributed by atoms with E-state index in [1.165, 1.54) is 0 Å². The Labute approximate surface area is 111 Å². The number of nitrogens with one attached hydrogen (secondary N) is 1. The van der Waals surface area contributed by atoms with Gasteiger partial charge in [0.1, 0.15) is 0 Å². The summed E-state index contributed by atoms with van der Waals surface area (Å²) in [7, 11) is 1.72. The van der Waals surface area contributed by atoms with Crippen molar-refractivity contribution in [3.8, 4) is 0 Å². The van der Waals surface area contributed by atoms with Crippen molar-refractivity contribution in [3.05, 3.63) is 0 Å². The molecule has 1 amide bonds. The van der Waals surface area contributed by atoms with Crippen LogP contribution in [0.5, 0.6) is 0 Å². The zero-order chi connectivity index (χ0) is 13.8. The van der Waals surface area contributed by atoms with Gasteiger partial charge in [-0.2, -0.15) is 0 Å². The second-order valence-corrected chi connectivity index (χ2v) is 6.06. The molecule has 1 fully saturated rings. The molecule has 2 unspecified atom stereocenters. The lowest BCUT2D eigenvalue weighted by Crippen LogP contribution is -2.41. The average molecular weight is 256 g/mol. The number of hydrogen-bond donors (Lipinski definition) is 1. The van der Waals surface area contributed by atoms with Crippen LogP contribution in [0.25, 0.3) is 0 Å². The van der Waals surface area contributed by atoms with Crippen LogP contribution in [0.15, 0.2) is 0 Å². The Balaban J connectivity index is 2.58. The van der Waals surface area contributed by atoms with E-state index < -0.39 is 0 Å². The van der Waals surface area contributed by atoms with E-state index in [4.69, 9.17) is 4.74 Å². The average Bonchev–Trinajstić information content (AvgIpc) is 2.55. The van der Waals surface area contributed by atoms with E-state index in [-0.39, 0.29) is 23.5 Å². The van der Waals surface area contributed by atoms with Crippen molar-refractivity contribution in [1.29, 1.82) is 0 Å². The molecule has 1 rings (SSSR count). The van der Waals surface area contributed by atoms with Crippen molar-refractivity contribution >= 4 is 5.91 Å². The number of carbonyl (C=O) groups is 1. The van der Waals surface area contributed by atoms with Crippen molar-refractivity contribution in [3.63, 3.8) is 0 Å². The quantitative estimate of drug-likeness (QED) is 0.757. The van der Waals surface area contributed by atoms with Crippen LogP contribution in [0.4, 0.5) is 0 Å². The molecule has 0 aromatic carbocycles. The summed E-state index contributed by atoms with van der Waals surface area (Å²) < 4.78 is 5.14. The summed E-state index contributed by atoms with van der Waals surface area (Å²) in [5.41, 5.74) is 0.0999. The molecule has 1 aliphatic heterocycles. The number of carbonyl (C=O) groups excluding carboxylic acids is 1. The van der Waals surface area contributed by atoms with E-state index in [1.54, 1.807) is 7.11 Å². The van der Waals surface area contributed by atoms with Gasteiger partial charge in [0.25, 0.3) is 0 Å². The third-order valence-corrected chi connectivity index (χ3v) is 3.65. The highest BCUT2D eigenvalue weighted by Gasteiger charge is 2.38. The highest BCUT2D eigenvalue weighted by atomic mass is 16.5. The van der Waals surface area contributed by atoms with Gasteiger partial charge in [0.15, 0.2) is 0 Å². The topological polar surface area (TPSA) is 41.6 Å². The first kappa shape index (κ1) is 15.4. The minimum Gasteiger partial charge on any atom is -0.385 e. The van der Waals surface area contributed by atoms with Crippen LogP contribution in [0.3, 0.4) is 0 Å². The van der Waals surface area contributed by atoms with Crippen LogP contribution in [0.1, 0.15) is 47.0 Å². The second kappa shape index (κ2) is 6.53. The van der Waals surface area contributed by atoms with Gasteiger partial charge in [0, 0.05) is 20.3 Å². The summed E-state index contributed by atoms with van der Waals surface area (Å²) in [6.45, 7) is 10.1. The van der Waals surface area contributed by atoms with E-state index in [0.717, 1.165) is 32.4 Å². The van der Waals surface area contributed by atoms with Crippen molar-refractivity contribution < 1.29 is 9.53 Å². The monoisotopic (exact) mass is 256 g/mol. The van der Waals surface area contributed by atoms with Crippen LogP contribution in [-0.4, -0.2) is 43.3 Å². The Hall–Kier alpha value is -0.610. The van der Waals surface area contributed by atoms with Crippen molar-refractivity contribution in [2.45, 2.75) is 59.2 Å². The molecule has 1 N–H and O–H groups in total. The maximum Gasteiger partial charge on any atom is 0.241 e. The van der Waals surface area contributed by atoms with Crippen molar-refractivity contribution in [2.24, 2.45) is 5.41 Å². The highest BCUT2D eigenvalue weighted by molar-refractivity contribution is 5.84. The Bertz CT molecular complexity index is 279. The molecule has 1 heterocycles. The SMILES string of the molecule is CCCC1NC(C)N(CC(C)(C)CCOC)C1=O. The van der Waals surface area contributed by atoms with Gasteiger partial charge in [-0.25, -0.2) is 0 Å². The minimum atomic E-state index is 0.0169. The Morgan fingerprint density at radius 2 is 2.11 bits per heavy atom. The van der Waals surface area contributed by atoms with Gasteiger partial charge in [-0.1, -0.05) is 27.2 Å². The van der Waals surface area contributed by atoms with E-state index in [0.29, 0.717) is 0 Å². The number of methoxy groups -OCH3 is 1. The lowest BCUT2D eigenvalue weighted by atomic mass is 9.89. The summed E-state index contributed by atoms with van der Waals surface area (Å²) in [5.74, 6) is 0.259. The van der Waals surface area contributed by atoms with E-state index >= 15 is 0 Å². The van der Waals surface area contributed by atoms with Gasteiger partial charge in [-0.15, -0.1) is 0 Å². The molecule has 1 saturated heterocycles. The number of nitrogens with zero attached hydrogens (tertiary/aromatic N) is 1. The maximum atomic E-state index is 12.3. The Kier molecular flexibility index (Phi) is 5.60. The molecule has 4 heteroatoms. The van der Waals surface area contributed by atoms with Crippen LogP contribution in [0, 0.1) is 5.41 Å². The Morgan fingerprint density at radius 1 is 1.44 bits per heavy atom. The van der Waals surface area contributed by atoms with Crippen molar-refractivity contribution in [2.75, 3.05) is 20.3 Å². The predicted molar refractivity (Wildman–Crippen MR) is 73.3 cm³/mol. The Morgan fingerprint density at radius 3 is 2.67 bits per heavy atom. The molecule has 0 aliphatic carbocycles.